The van der Waals surface area contributed by atoms with Crippen LogP contribution in [-0.2, 0) is 17.7 Å². The van der Waals surface area contributed by atoms with Gasteiger partial charge in [0.2, 0.25) is 0 Å². The molecule has 29 heavy (non-hydrogen) atoms. The molecule has 0 radical (unpaired) electrons. The highest BCUT2D eigenvalue weighted by Gasteiger charge is 2.42. The number of carbonyl (C=O) groups is 1. The van der Waals surface area contributed by atoms with Gasteiger partial charge in [-0.15, -0.1) is 0 Å². The number of hydrogen-bond donors (Lipinski definition) is 2. The number of H-pyrrole nitrogens is 1. The highest BCUT2D eigenvalue weighted by molar-refractivity contribution is 5.91. The lowest BCUT2D eigenvalue weighted by Crippen LogP contribution is -2.44. The van der Waals surface area contributed by atoms with Crippen molar-refractivity contribution in [3.63, 3.8) is 0 Å². The maximum Gasteiger partial charge on any atom is 0.287 e. The number of hydrogen-bond acceptors (Lipinski definition) is 5. The third kappa shape index (κ3) is 5.08. The quantitative estimate of drug-likeness (QED) is 0.710. The third-order valence-electron chi connectivity index (χ3n) is 6.18. The average molecular weight is 401 g/mol. The minimum absolute atomic E-state index is 0.0170. The Morgan fingerprint density at radius 1 is 1.38 bits per heavy atom. The smallest absolute Gasteiger partial charge is 0.287 e. The van der Waals surface area contributed by atoms with Gasteiger partial charge in [0.1, 0.15) is 5.82 Å². The van der Waals surface area contributed by atoms with Crippen molar-refractivity contribution in [3.8, 4) is 0 Å². The number of ether oxygens (including phenoxy) is 1. The first-order valence-electron chi connectivity index (χ1n) is 10.9. The Labute approximate surface area is 172 Å². The Morgan fingerprint density at radius 3 is 3.00 bits per heavy atom. The molecule has 0 bridgehead atoms. The van der Waals surface area contributed by atoms with Crippen LogP contribution in [0.5, 0.6) is 0 Å². The van der Waals surface area contributed by atoms with Gasteiger partial charge in [0, 0.05) is 44.5 Å². The Bertz CT molecular complexity index is 778. The van der Waals surface area contributed by atoms with Crippen LogP contribution in [-0.4, -0.2) is 52.1 Å². The summed E-state index contributed by atoms with van der Waals surface area (Å²) in [5.74, 6) is 1.28. The molecule has 0 aliphatic carbocycles. The van der Waals surface area contributed by atoms with E-state index in [1.165, 1.54) is 24.8 Å². The lowest BCUT2D eigenvalue weighted by Gasteiger charge is -2.39. The lowest BCUT2D eigenvalue weighted by molar-refractivity contribution is -0.0765. The van der Waals surface area contributed by atoms with E-state index in [-0.39, 0.29) is 17.6 Å². The number of carbonyl (C=O) groups excluding carboxylic acids is 1. The maximum atomic E-state index is 12.0. The Morgan fingerprint density at radius 2 is 2.24 bits per heavy atom. The normalized spacial score (nSPS) is 21.6. The molecular formula is C22H32N4O3. The van der Waals surface area contributed by atoms with Gasteiger partial charge >= 0.3 is 0 Å². The molecule has 1 unspecified atom stereocenters. The van der Waals surface area contributed by atoms with Crippen molar-refractivity contribution in [2.75, 3.05) is 19.6 Å². The van der Waals surface area contributed by atoms with Gasteiger partial charge in [-0.05, 0) is 44.2 Å². The standard InChI is InChI=1S/C22H32N4O3/c1-2-3-6-20-23-14-17(25-20)16-26-11-9-22(10-12-26)8-7-18(29-22)15-24-21(27)19-5-4-13-28-19/h4-5,13-14,18H,2-3,6-12,15-16H2,1H3,(H,23,25)(H,24,27). The van der Waals surface area contributed by atoms with Crippen molar-refractivity contribution in [1.82, 2.24) is 20.2 Å². The minimum atomic E-state index is -0.174. The number of likely N-dealkylation sites (tertiary alicyclic amines) is 1. The topological polar surface area (TPSA) is 83.4 Å². The van der Waals surface area contributed by atoms with E-state index in [0.717, 1.165) is 57.6 Å². The molecule has 158 valence electrons. The molecule has 2 saturated heterocycles. The number of imidazole rings is 1. The molecule has 1 atom stereocenters. The fourth-order valence-electron chi connectivity index (χ4n) is 4.43. The first kappa shape index (κ1) is 20.2. The van der Waals surface area contributed by atoms with Crippen LogP contribution in [0.15, 0.2) is 29.0 Å². The van der Waals surface area contributed by atoms with Gasteiger partial charge < -0.3 is 19.5 Å². The van der Waals surface area contributed by atoms with E-state index in [2.05, 4.69) is 27.1 Å². The fraction of sp³-hybridized carbons (Fsp3) is 0.636. The molecule has 4 heterocycles. The molecule has 4 rings (SSSR count). The van der Waals surface area contributed by atoms with E-state index in [4.69, 9.17) is 9.15 Å². The number of aryl methyl sites for hydroxylation is 1. The van der Waals surface area contributed by atoms with Crippen LogP contribution in [0.4, 0.5) is 0 Å². The Hall–Kier alpha value is -2.12. The number of aromatic nitrogens is 2. The van der Waals surface area contributed by atoms with Crippen molar-refractivity contribution < 1.29 is 13.9 Å². The van der Waals surface area contributed by atoms with Crippen LogP contribution in [0.1, 0.15) is 67.5 Å². The zero-order chi connectivity index (χ0) is 20.1. The largest absolute Gasteiger partial charge is 0.459 e. The molecule has 7 nitrogen and oxygen atoms in total. The molecule has 2 N–H and O–H groups in total. The molecule has 2 fully saturated rings. The van der Waals surface area contributed by atoms with Crippen LogP contribution in [0.3, 0.4) is 0 Å². The summed E-state index contributed by atoms with van der Waals surface area (Å²) in [6.45, 7) is 5.75. The van der Waals surface area contributed by atoms with E-state index in [1.54, 1.807) is 12.1 Å². The van der Waals surface area contributed by atoms with Crippen molar-refractivity contribution in [2.24, 2.45) is 0 Å². The van der Waals surface area contributed by atoms with Gasteiger partial charge in [0.15, 0.2) is 5.76 Å². The number of amides is 1. The van der Waals surface area contributed by atoms with Gasteiger partial charge in [-0.25, -0.2) is 4.98 Å². The van der Waals surface area contributed by atoms with E-state index < -0.39 is 0 Å². The molecule has 1 amide bonds. The summed E-state index contributed by atoms with van der Waals surface area (Å²) in [4.78, 5) is 22.5. The van der Waals surface area contributed by atoms with E-state index in [0.29, 0.717) is 12.3 Å². The van der Waals surface area contributed by atoms with Gasteiger partial charge in [-0.2, -0.15) is 0 Å². The molecule has 2 aliphatic rings. The van der Waals surface area contributed by atoms with Gasteiger partial charge in [-0.3, -0.25) is 9.69 Å². The Balaban J connectivity index is 1.20. The predicted octanol–water partition coefficient (Wildman–Crippen LogP) is 3.29. The maximum absolute atomic E-state index is 12.0. The second-order valence-corrected chi connectivity index (χ2v) is 8.38. The molecule has 2 aromatic rings. The third-order valence-corrected chi connectivity index (χ3v) is 6.18. The first-order chi connectivity index (χ1) is 14.2. The summed E-state index contributed by atoms with van der Waals surface area (Å²) >= 11 is 0. The number of rotatable bonds is 8. The van der Waals surface area contributed by atoms with Gasteiger partial charge in [0.25, 0.3) is 5.91 Å². The molecule has 0 aromatic carbocycles. The highest BCUT2D eigenvalue weighted by Crippen LogP contribution is 2.39. The average Bonchev–Trinajstić information content (AvgIpc) is 3.49. The molecular weight excluding hydrogens is 368 g/mol. The summed E-state index contributed by atoms with van der Waals surface area (Å²) in [6, 6.07) is 3.40. The van der Waals surface area contributed by atoms with Crippen molar-refractivity contribution in [1.29, 1.82) is 0 Å². The van der Waals surface area contributed by atoms with Crippen LogP contribution < -0.4 is 5.32 Å². The summed E-state index contributed by atoms with van der Waals surface area (Å²) in [5, 5.41) is 2.93. The summed E-state index contributed by atoms with van der Waals surface area (Å²) < 4.78 is 11.5. The monoisotopic (exact) mass is 400 g/mol. The molecule has 2 aliphatic heterocycles. The van der Waals surface area contributed by atoms with Crippen LogP contribution in [0.25, 0.3) is 0 Å². The van der Waals surface area contributed by atoms with Crippen molar-refractivity contribution in [2.45, 2.75) is 70.1 Å². The number of unbranched alkanes of at least 4 members (excludes halogenated alkanes) is 1. The number of aromatic amines is 1. The molecule has 0 saturated carbocycles. The number of furan rings is 1. The number of nitrogens with one attached hydrogen (secondary N) is 2. The SMILES string of the molecule is CCCCc1ncc(CN2CCC3(CCC(CNC(=O)c4ccco4)O3)CC2)[nH]1. The van der Waals surface area contributed by atoms with Crippen molar-refractivity contribution in [3.05, 3.63) is 41.9 Å². The molecule has 2 aromatic heterocycles. The summed E-state index contributed by atoms with van der Waals surface area (Å²) in [5.41, 5.74) is 1.19. The fourth-order valence-corrected chi connectivity index (χ4v) is 4.43. The van der Waals surface area contributed by atoms with E-state index in [1.807, 2.05) is 6.20 Å². The van der Waals surface area contributed by atoms with Gasteiger partial charge in [0.05, 0.1) is 18.0 Å². The van der Waals surface area contributed by atoms with E-state index >= 15 is 0 Å². The van der Waals surface area contributed by atoms with Crippen molar-refractivity contribution >= 4 is 5.91 Å². The second kappa shape index (κ2) is 9.13. The van der Waals surface area contributed by atoms with Crippen LogP contribution in [0, 0.1) is 0 Å². The second-order valence-electron chi connectivity index (χ2n) is 8.38. The summed E-state index contributed by atoms with van der Waals surface area (Å²) in [7, 11) is 0. The van der Waals surface area contributed by atoms with Crippen LogP contribution >= 0.6 is 0 Å². The number of nitrogens with zero attached hydrogens (tertiary/aromatic N) is 2. The first-order valence-corrected chi connectivity index (χ1v) is 10.9. The van der Waals surface area contributed by atoms with Gasteiger partial charge in [-0.1, -0.05) is 13.3 Å². The van der Waals surface area contributed by atoms with Crippen LogP contribution in [0.2, 0.25) is 0 Å². The summed E-state index contributed by atoms with van der Waals surface area (Å²) in [6.07, 6.45) is 11.2. The highest BCUT2D eigenvalue weighted by atomic mass is 16.5. The number of piperidine rings is 1. The minimum Gasteiger partial charge on any atom is -0.459 e. The zero-order valence-electron chi connectivity index (χ0n) is 17.3. The Kier molecular flexibility index (Phi) is 6.35. The lowest BCUT2D eigenvalue weighted by atomic mass is 9.88. The zero-order valence-corrected chi connectivity index (χ0v) is 17.3. The predicted molar refractivity (Wildman–Crippen MR) is 110 cm³/mol. The molecule has 7 heteroatoms. The van der Waals surface area contributed by atoms with E-state index in [9.17, 15) is 4.79 Å². The molecule has 1 spiro atoms.